The molecule has 0 fully saturated rings. The average Bonchev–Trinajstić information content (AvgIpc) is 3.03. The Morgan fingerprint density at radius 2 is 1.85 bits per heavy atom. The number of aromatic nitrogens is 1. The summed E-state index contributed by atoms with van der Waals surface area (Å²) in [6.07, 6.45) is 0.540. The summed E-state index contributed by atoms with van der Waals surface area (Å²) >= 11 is 0. The van der Waals surface area contributed by atoms with Crippen molar-refractivity contribution in [2.45, 2.75) is 13.3 Å². The molecule has 1 aromatic heterocycles. The lowest BCUT2D eigenvalue weighted by molar-refractivity contribution is 0.0954. The molecule has 0 aliphatic rings. The van der Waals surface area contributed by atoms with Crippen LogP contribution in [0, 0.1) is 12.7 Å². The molecule has 0 aliphatic carbocycles. The molecule has 0 aliphatic heterocycles. The second kappa shape index (κ2) is 7.82. The quantitative estimate of drug-likeness (QED) is 0.732. The summed E-state index contributed by atoms with van der Waals surface area (Å²) < 4.78 is 23.7. The van der Waals surface area contributed by atoms with E-state index in [1.54, 1.807) is 43.5 Å². The Labute approximate surface area is 150 Å². The van der Waals surface area contributed by atoms with Gasteiger partial charge in [0.25, 0.3) is 5.91 Å². The Morgan fingerprint density at radius 1 is 1.15 bits per heavy atom. The molecule has 0 saturated heterocycles. The summed E-state index contributed by atoms with van der Waals surface area (Å²) in [6, 6.07) is 12.9. The monoisotopic (exact) mass is 354 g/mol. The zero-order chi connectivity index (χ0) is 18.5. The lowest BCUT2D eigenvalue weighted by Gasteiger charge is -2.05. The number of nitrogens with one attached hydrogen (secondary N) is 1. The molecule has 1 amide bonds. The van der Waals surface area contributed by atoms with Crippen molar-refractivity contribution in [3.05, 3.63) is 71.4 Å². The van der Waals surface area contributed by atoms with Gasteiger partial charge in [-0.15, -0.1) is 0 Å². The molecule has 134 valence electrons. The molecule has 6 heteroatoms. The van der Waals surface area contributed by atoms with Gasteiger partial charge in [0.05, 0.1) is 12.8 Å². The molecular weight excluding hydrogens is 335 g/mol. The highest BCUT2D eigenvalue weighted by atomic mass is 19.1. The topological polar surface area (TPSA) is 64.4 Å². The third-order valence-electron chi connectivity index (χ3n) is 3.98. The van der Waals surface area contributed by atoms with Crippen LogP contribution in [0.25, 0.3) is 11.5 Å². The molecule has 0 unspecified atom stereocenters. The summed E-state index contributed by atoms with van der Waals surface area (Å²) in [5, 5.41) is 2.86. The van der Waals surface area contributed by atoms with E-state index >= 15 is 0 Å². The predicted octanol–water partition coefficient (Wildman–Crippen LogP) is 3.77. The van der Waals surface area contributed by atoms with E-state index in [1.807, 2.05) is 6.92 Å². The van der Waals surface area contributed by atoms with Gasteiger partial charge in [-0.05, 0) is 55.5 Å². The molecule has 1 N–H and O–H groups in total. The van der Waals surface area contributed by atoms with Gasteiger partial charge in [-0.25, -0.2) is 9.37 Å². The van der Waals surface area contributed by atoms with E-state index in [9.17, 15) is 9.18 Å². The largest absolute Gasteiger partial charge is 0.497 e. The number of hydrogen-bond donors (Lipinski definition) is 1. The van der Waals surface area contributed by atoms with Crippen LogP contribution in [0.2, 0.25) is 0 Å². The molecule has 26 heavy (non-hydrogen) atoms. The number of oxazole rings is 1. The zero-order valence-electron chi connectivity index (χ0n) is 14.6. The van der Waals surface area contributed by atoms with Crippen LogP contribution in [0.15, 0.2) is 52.9 Å². The SMILES string of the molecule is COc1ccc(C(=O)NCCc2nc(-c3ccc(F)cc3)oc2C)cc1. The first-order valence-electron chi connectivity index (χ1n) is 8.21. The summed E-state index contributed by atoms with van der Waals surface area (Å²) in [5.74, 6) is 1.36. The third-order valence-corrected chi connectivity index (χ3v) is 3.98. The molecule has 0 atom stereocenters. The molecule has 2 aromatic carbocycles. The molecule has 0 spiro atoms. The van der Waals surface area contributed by atoms with Gasteiger partial charge in [-0.2, -0.15) is 0 Å². The number of hydrogen-bond acceptors (Lipinski definition) is 4. The molecule has 1 heterocycles. The van der Waals surface area contributed by atoms with Crippen molar-refractivity contribution in [1.29, 1.82) is 0 Å². The van der Waals surface area contributed by atoms with Crippen LogP contribution in [0.4, 0.5) is 4.39 Å². The van der Waals surface area contributed by atoms with E-state index in [-0.39, 0.29) is 11.7 Å². The van der Waals surface area contributed by atoms with Crippen molar-refractivity contribution in [2.75, 3.05) is 13.7 Å². The second-order valence-corrected chi connectivity index (χ2v) is 5.76. The van der Waals surface area contributed by atoms with E-state index in [0.717, 1.165) is 5.69 Å². The van der Waals surface area contributed by atoms with Crippen LogP contribution >= 0.6 is 0 Å². The van der Waals surface area contributed by atoms with Crippen LogP contribution in [0.1, 0.15) is 21.8 Å². The Morgan fingerprint density at radius 3 is 2.50 bits per heavy atom. The number of carbonyl (C=O) groups excluding carboxylic acids is 1. The fraction of sp³-hybridized carbons (Fsp3) is 0.200. The van der Waals surface area contributed by atoms with E-state index in [2.05, 4.69) is 10.3 Å². The van der Waals surface area contributed by atoms with Crippen molar-refractivity contribution < 1.29 is 18.3 Å². The number of benzene rings is 2. The standard InChI is InChI=1S/C20H19FN2O3/c1-13-18(23-20(26-13)15-3-7-16(21)8-4-15)11-12-22-19(24)14-5-9-17(25-2)10-6-14/h3-10H,11-12H2,1-2H3,(H,22,24). The maximum Gasteiger partial charge on any atom is 0.251 e. The van der Waals surface area contributed by atoms with Crippen molar-refractivity contribution in [1.82, 2.24) is 10.3 Å². The molecule has 0 radical (unpaired) electrons. The summed E-state index contributed by atoms with van der Waals surface area (Å²) in [5.41, 5.74) is 2.04. The Balaban J connectivity index is 1.59. The first-order chi connectivity index (χ1) is 12.6. The van der Waals surface area contributed by atoms with Gasteiger partial charge in [0, 0.05) is 24.1 Å². The molecular formula is C20H19FN2O3. The highest BCUT2D eigenvalue weighted by Gasteiger charge is 2.12. The molecule has 3 aromatic rings. The highest BCUT2D eigenvalue weighted by molar-refractivity contribution is 5.94. The number of ether oxygens (including phenoxy) is 1. The van der Waals surface area contributed by atoms with E-state index in [1.165, 1.54) is 12.1 Å². The minimum absolute atomic E-state index is 0.160. The zero-order valence-corrected chi connectivity index (χ0v) is 14.6. The van der Waals surface area contributed by atoms with Crippen LogP contribution in [0.3, 0.4) is 0 Å². The van der Waals surface area contributed by atoms with Gasteiger partial charge >= 0.3 is 0 Å². The first-order valence-corrected chi connectivity index (χ1v) is 8.21. The number of nitrogens with zero attached hydrogens (tertiary/aromatic N) is 1. The number of halogens is 1. The summed E-state index contributed by atoms with van der Waals surface area (Å²) in [4.78, 5) is 16.6. The Hall–Kier alpha value is -3.15. The van der Waals surface area contributed by atoms with Gasteiger partial charge in [-0.1, -0.05) is 0 Å². The summed E-state index contributed by atoms with van der Waals surface area (Å²) in [6.45, 7) is 2.25. The number of amides is 1. The van der Waals surface area contributed by atoms with Crippen molar-refractivity contribution in [3.8, 4) is 17.2 Å². The lowest BCUT2D eigenvalue weighted by atomic mass is 10.2. The second-order valence-electron chi connectivity index (χ2n) is 5.76. The van der Waals surface area contributed by atoms with Gasteiger partial charge in [-0.3, -0.25) is 4.79 Å². The van der Waals surface area contributed by atoms with Crippen molar-refractivity contribution >= 4 is 5.91 Å². The van der Waals surface area contributed by atoms with E-state index in [0.29, 0.717) is 41.5 Å². The highest BCUT2D eigenvalue weighted by Crippen LogP contribution is 2.22. The average molecular weight is 354 g/mol. The summed E-state index contributed by atoms with van der Waals surface area (Å²) in [7, 11) is 1.58. The maximum atomic E-state index is 13.0. The molecule has 0 saturated carbocycles. The van der Waals surface area contributed by atoms with E-state index < -0.39 is 0 Å². The lowest BCUT2D eigenvalue weighted by Crippen LogP contribution is -2.25. The van der Waals surface area contributed by atoms with Crippen LogP contribution < -0.4 is 10.1 Å². The van der Waals surface area contributed by atoms with Crippen LogP contribution in [0.5, 0.6) is 5.75 Å². The van der Waals surface area contributed by atoms with Crippen molar-refractivity contribution in [3.63, 3.8) is 0 Å². The number of rotatable bonds is 6. The van der Waals surface area contributed by atoms with Gasteiger partial charge in [0.2, 0.25) is 5.89 Å². The minimum Gasteiger partial charge on any atom is -0.497 e. The normalized spacial score (nSPS) is 10.6. The molecule has 3 rings (SSSR count). The van der Waals surface area contributed by atoms with Crippen LogP contribution in [-0.4, -0.2) is 24.5 Å². The number of methoxy groups -OCH3 is 1. The molecule has 0 bridgehead atoms. The fourth-order valence-electron chi connectivity index (χ4n) is 2.51. The van der Waals surface area contributed by atoms with Gasteiger partial charge in [0.15, 0.2) is 0 Å². The predicted molar refractivity (Wildman–Crippen MR) is 95.7 cm³/mol. The first kappa shape index (κ1) is 17.7. The van der Waals surface area contributed by atoms with Gasteiger partial charge in [0.1, 0.15) is 17.3 Å². The minimum atomic E-state index is -0.307. The van der Waals surface area contributed by atoms with E-state index in [4.69, 9.17) is 9.15 Å². The fourth-order valence-corrected chi connectivity index (χ4v) is 2.51. The Bertz CT molecular complexity index is 886. The number of carbonyl (C=O) groups is 1. The number of aryl methyl sites for hydroxylation is 1. The van der Waals surface area contributed by atoms with Gasteiger partial charge < -0.3 is 14.5 Å². The molecule has 5 nitrogen and oxygen atoms in total. The van der Waals surface area contributed by atoms with Crippen molar-refractivity contribution in [2.24, 2.45) is 0 Å². The van der Waals surface area contributed by atoms with Crippen LogP contribution in [-0.2, 0) is 6.42 Å². The third kappa shape index (κ3) is 4.08. The smallest absolute Gasteiger partial charge is 0.251 e. The Kier molecular flexibility index (Phi) is 5.31. The maximum absolute atomic E-state index is 13.0.